The molecule has 2 aromatic heterocycles. The fourth-order valence-electron chi connectivity index (χ4n) is 6.38. The van der Waals surface area contributed by atoms with E-state index in [0.717, 1.165) is 0 Å². The van der Waals surface area contributed by atoms with Crippen molar-refractivity contribution in [2.45, 2.75) is 99.4 Å². The van der Waals surface area contributed by atoms with E-state index in [1.807, 2.05) is 0 Å². The zero-order valence-electron chi connectivity index (χ0n) is 29.5. The second kappa shape index (κ2) is 18.6. The summed E-state index contributed by atoms with van der Waals surface area (Å²) in [5.74, 6) is 0.142. The summed E-state index contributed by atoms with van der Waals surface area (Å²) < 4.78 is 109. The van der Waals surface area contributed by atoms with E-state index in [0.29, 0.717) is 11.2 Å². The van der Waals surface area contributed by atoms with Crippen molar-refractivity contribution >= 4 is 48.7 Å². The topological polar surface area (TPSA) is 419 Å². The highest BCUT2D eigenvalue weighted by Crippen LogP contribution is 2.52. The van der Waals surface area contributed by atoms with Crippen LogP contribution in [0.3, 0.4) is 0 Å². The van der Waals surface area contributed by atoms with E-state index in [9.17, 15) is 38.0 Å². The molecule has 322 valence electrons. The number of nitrogen functional groups attached to an aromatic ring is 1. The maximum atomic E-state index is 13.0. The van der Waals surface area contributed by atoms with Gasteiger partial charge in [-0.2, -0.15) is 0 Å². The Morgan fingerprint density at radius 2 is 1.18 bits per heavy atom. The molecule has 0 bridgehead atoms. The van der Waals surface area contributed by atoms with Crippen molar-refractivity contribution in [3.63, 3.8) is 0 Å². The van der Waals surface area contributed by atoms with E-state index in [1.165, 1.54) is 17.2 Å². The average Bonchev–Trinajstić information content (AvgIpc) is 3.93. The van der Waals surface area contributed by atoms with E-state index in [2.05, 4.69) is 19.5 Å². The van der Waals surface area contributed by atoms with Crippen LogP contribution in [0.25, 0.3) is 11.2 Å². The Morgan fingerprint density at radius 1 is 0.719 bits per heavy atom. The quantitative estimate of drug-likeness (QED) is 0.0721. The lowest BCUT2D eigenvalue weighted by Gasteiger charge is -2.25. The van der Waals surface area contributed by atoms with E-state index >= 15 is 0 Å². The van der Waals surface area contributed by atoms with Crippen molar-refractivity contribution < 1.29 is 93.6 Å². The number of imidazole rings is 1. The fraction of sp³-hybridized carbons (Fsp3) is 0.800. The first-order valence-electron chi connectivity index (χ1n) is 17.0. The predicted molar refractivity (Wildman–Crippen MR) is 184 cm³/mol. The van der Waals surface area contributed by atoms with Crippen molar-refractivity contribution in [3.8, 4) is 0 Å². The number of aliphatic hydroxyl groups excluding tert-OH is 1. The Morgan fingerprint density at radius 3 is 1.65 bits per heavy atom. The van der Waals surface area contributed by atoms with Gasteiger partial charge in [0.2, 0.25) is 0 Å². The van der Waals surface area contributed by atoms with Crippen LogP contribution in [0.1, 0.15) is 31.9 Å². The molecule has 57 heavy (non-hydrogen) atoms. The van der Waals surface area contributed by atoms with Crippen LogP contribution in [0.15, 0.2) is 12.7 Å². The van der Waals surface area contributed by atoms with Gasteiger partial charge < -0.3 is 61.7 Å². The Balaban J connectivity index is 0.970. The molecule has 4 aliphatic rings. The largest absolute Gasteiger partial charge is 0.694 e. The number of phosphoric ester groups is 3. The van der Waals surface area contributed by atoms with Crippen LogP contribution >= 0.6 is 31.7 Å². The molecule has 2 aromatic rings. The molecule has 6 rings (SSSR count). The summed E-state index contributed by atoms with van der Waals surface area (Å²) in [5.41, 5.74) is 23.9. The maximum absolute atomic E-state index is 13.0. The summed E-state index contributed by atoms with van der Waals surface area (Å²) in [6.45, 7) is -2.54. The minimum Gasteiger partial charge on any atom is -0.390 e. The lowest BCUT2D eigenvalue weighted by atomic mass is 10.2. The van der Waals surface area contributed by atoms with E-state index in [1.54, 1.807) is 0 Å². The zero-order chi connectivity index (χ0) is 41.3. The zero-order valence-corrected chi connectivity index (χ0v) is 33.1. The summed E-state index contributed by atoms with van der Waals surface area (Å²) in [7, 11) is -17.8. The average molecular weight is 900 g/mol. The number of phosphoric acid groups is 3. The van der Waals surface area contributed by atoms with Gasteiger partial charge in [0.05, 0.1) is 32.3 Å². The van der Waals surface area contributed by atoms with Gasteiger partial charge in [0.1, 0.15) is 86.1 Å². The van der Waals surface area contributed by atoms with Crippen molar-refractivity contribution in [1.29, 1.82) is 0 Å². The van der Waals surface area contributed by atoms with Crippen LogP contribution < -0.4 is 22.9 Å². The van der Waals surface area contributed by atoms with Crippen LogP contribution in [0.2, 0.25) is 0 Å². The van der Waals surface area contributed by atoms with Gasteiger partial charge in [-0.05, 0) is 0 Å². The first-order chi connectivity index (χ1) is 26.8. The number of fused-ring (bicyclic) bond motifs is 1. The first-order valence-corrected chi connectivity index (χ1v) is 22.6. The Bertz CT molecular complexity index is 1870. The molecule has 28 nitrogen and oxygen atoms in total. The van der Waals surface area contributed by atoms with Crippen molar-refractivity contribution in [2.75, 3.05) is 32.2 Å². The molecular weight excluding hydrogens is 856 g/mol. The molecule has 13 N–H and O–H groups in total. The van der Waals surface area contributed by atoms with Crippen LogP contribution in [0.4, 0.5) is 5.82 Å². The van der Waals surface area contributed by atoms with Crippen molar-refractivity contribution in [1.82, 2.24) is 19.5 Å². The minimum atomic E-state index is -5.00. The third-order valence-electron chi connectivity index (χ3n) is 8.95. The highest BCUT2D eigenvalue weighted by Gasteiger charge is 2.46. The molecule has 0 saturated carbocycles. The molecule has 4 aliphatic heterocycles. The van der Waals surface area contributed by atoms with Gasteiger partial charge in [-0.3, -0.25) is 31.7 Å². The number of hydrogen-bond donors (Lipinski definition) is 9. The molecule has 32 heteroatoms. The molecule has 0 aromatic carbocycles. The Labute approximate surface area is 323 Å². The smallest absolute Gasteiger partial charge is 0.390 e. The number of aromatic nitrogens is 4. The monoisotopic (exact) mass is 899 g/mol. The normalized spacial score (nSPS) is 36.7. The SMILES string of the molecule is Nc1ncnc2c1ncn2[C@H]1C[C@H](O)[C@@H](COP(=O)(O)O[C@H]2C[C@H](N)O[C@@H]2COP(=O)(O)O[C@H]2C[C@H](N)O[C@@H]2COP(=O)(O)O[C@H]2C[C@H](N)O[C@@H]2CO[P+](=O)O)O1. The van der Waals surface area contributed by atoms with Gasteiger partial charge in [0.25, 0.3) is 0 Å². The highest BCUT2D eigenvalue weighted by molar-refractivity contribution is 7.48. The van der Waals surface area contributed by atoms with Gasteiger partial charge in [0.15, 0.2) is 11.5 Å². The molecule has 4 unspecified atom stereocenters. The van der Waals surface area contributed by atoms with E-state index in [4.69, 9.17) is 73.9 Å². The summed E-state index contributed by atoms with van der Waals surface area (Å²) in [6, 6.07) is 0. The van der Waals surface area contributed by atoms with Gasteiger partial charge in [-0.1, -0.05) is 0 Å². The van der Waals surface area contributed by atoms with Crippen LogP contribution in [0, 0.1) is 0 Å². The first kappa shape index (κ1) is 44.9. The molecule has 0 radical (unpaired) electrons. The summed E-state index contributed by atoms with van der Waals surface area (Å²) in [6.07, 6.45) is -11.2. The van der Waals surface area contributed by atoms with Crippen LogP contribution in [-0.2, 0) is 68.9 Å². The molecule has 0 aliphatic carbocycles. The summed E-state index contributed by atoms with van der Waals surface area (Å²) in [5, 5.41) is 10.6. The molecule has 0 spiro atoms. The third-order valence-corrected chi connectivity index (χ3v) is 12.4. The van der Waals surface area contributed by atoms with Crippen molar-refractivity contribution in [3.05, 3.63) is 12.7 Å². The molecule has 6 heterocycles. The van der Waals surface area contributed by atoms with Gasteiger partial charge in [-0.15, -0.1) is 9.42 Å². The number of nitrogens with two attached hydrogens (primary N) is 4. The van der Waals surface area contributed by atoms with E-state index < -0.39 is 132 Å². The van der Waals surface area contributed by atoms with Crippen molar-refractivity contribution in [2.24, 2.45) is 17.2 Å². The fourth-order valence-corrected chi connectivity index (χ4v) is 9.53. The third kappa shape index (κ3) is 12.0. The minimum absolute atomic E-state index is 0.0539. The van der Waals surface area contributed by atoms with Gasteiger partial charge in [0, 0.05) is 30.2 Å². The van der Waals surface area contributed by atoms with E-state index in [-0.39, 0.29) is 31.5 Å². The Hall–Kier alpha value is -1.62. The standard InChI is InChI=1S/C25H42N8O20P4/c26-19-2-12(16(47-19)5-43-54(35)36)51-56(39,40)45-7-18-14(4-21(28)49-18)53-57(41,42)46-8-17-13(3-20(27)48-17)52-55(37,38)44-6-15-11(34)1-22(50-15)33-10-32-23-24(29)30-9-31-25(23)33/h9-22,34H,1-8,26-28H2,(H5-,29,30,31,35,36,37,38,39,40,41,42)/p+1/t11-,12-,13-,14-,15+,16+,17+,18+,19+,20+,21+,22+/m0/s1. The predicted octanol–water partition coefficient (Wildman–Crippen LogP) is -1.55. The number of anilines is 1. The molecule has 4 fully saturated rings. The summed E-state index contributed by atoms with van der Waals surface area (Å²) in [4.78, 5) is 52.4. The molecule has 16 atom stereocenters. The number of nitrogens with zero attached hydrogens (tertiary/aromatic N) is 4. The van der Waals surface area contributed by atoms with Crippen LogP contribution in [-0.4, -0.2) is 138 Å². The molecular formula is C25H43N8O20P4+. The van der Waals surface area contributed by atoms with Gasteiger partial charge in [-0.25, -0.2) is 28.6 Å². The lowest BCUT2D eigenvalue weighted by molar-refractivity contribution is -0.0524. The van der Waals surface area contributed by atoms with Gasteiger partial charge >= 0.3 is 31.7 Å². The number of hydrogen-bond acceptors (Lipinski definition) is 23. The lowest BCUT2D eigenvalue weighted by Crippen LogP contribution is -2.31. The summed E-state index contributed by atoms with van der Waals surface area (Å²) >= 11 is 0. The molecule has 0 amide bonds. The maximum Gasteiger partial charge on any atom is 0.694 e. The number of ether oxygens (including phenoxy) is 4. The Kier molecular flexibility index (Phi) is 14.6. The second-order valence-corrected chi connectivity index (χ2v) is 18.1. The van der Waals surface area contributed by atoms with Crippen LogP contribution in [0.5, 0.6) is 0 Å². The number of rotatable bonds is 19. The second-order valence-electron chi connectivity index (χ2n) is 13.1. The number of aliphatic hydroxyl groups is 1. The molecule has 4 saturated heterocycles. The highest BCUT2D eigenvalue weighted by atomic mass is 31.2.